The van der Waals surface area contributed by atoms with E-state index in [0.717, 1.165) is 17.8 Å². The molecular formula is C14H19N5O. The second-order valence-electron chi connectivity index (χ2n) is 4.62. The topological polar surface area (TPSA) is 85.8 Å². The summed E-state index contributed by atoms with van der Waals surface area (Å²) in [6.45, 7) is 2.56. The zero-order chi connectivity index (χ0) is 14.4. The molecule has 20 heavy (non-hydrogen) atoms. The number of rotatable bonds is 6. The van der Waals surface area contributed by atoms with E-state index in [1.165, 1.54) is 6.33 Å². The number of nitrogens with zero attached hydrogens (tertiary/aromatic N) is 3. The fourth-order valence-electron chi connectivity index (χ4n) is 1.97. The molecule has 6 heteroatoms. The van der Waals surface area contributed by atoms with Crippen molar-refractivity contribution in [2.45, 2.75) is 19.8 Å². The molecule has 0 spiro atoms. The maximum atomic E-state index is 12.1. The van der Waals surface area contributed by atoms with Crippen molar-refractivity contribution < 1.29 is 4.79 Å². The van der Waals surface area contributed by atoms with Crippen molar-refractivity contribution in [3.8, 4) is 5.69 Å². The highest BCUT2D eigenvalue weighted by atomic mass is 16.1. The smallest absolute Gasteiger partial charge is 0.224 e. The van der Waals surface area contributed by atoms with Crippen molar-refractivity contribution in [1.82, 2.24) is 14.8 Å². The minimum Gasteiger partial charge on any atom is -0.330 e. The number of nitrogens with one attached hydrogen (secondary N) is 1. The summed E-state index contributed by atoms with van der Waals surface area (Å²) in [5, 5.41) is 7.00. The predicted molar refractivity (Wildman–Crippen MR) is 77.4 cm³/mol. The number of carbonyl (C=O) groups excluding carboxylic acids is 1. The van der Waals surface area contributed by atoms with E-state index in [9.17, 15) is 4.79 Å². The molecule has 0 fully saturated rings. The number of hydrogen-bond donors (Lipinski definition) is 2. The van der Waals surface area contributed by atoms with Crippen LogP contribution in [0.2, 0.25) is 0 Å². The van der Waals surface area contributed by atoms with Gasteiger partial charge in [0.2, 0.25) is 5.91 Å². The molecule has 1 unspecified atom stereocenters. The fraction of sp³-hybridized carbons (Fsp3) is 0.357. The maximum absolute atomic E-state index is 12.1. The van der Waals surface area contributed by atoms with Gasteiger partial charge in [0.15, 0.2) is 0 Å². The van der Waals surface area contributed by atoms with Crippen LogP contribution in [0.25, 0.3) is 5.69 Å². The van der Waals surface area contributed by atoms with Crippen LogP contribution < -0.4 is 11.1 Å². The van der Waals surface area contributed by atoms with Gasteiger partial charge in [-0.1, -0.05) is 25.5 Å². The summed E-state index contributed by atoms with van der Waals surface area (Å²) in [6, 6.07) is 7.49. The van der Waals surface area contributed by atoms with Crippen LogP contribution in [-0.2, 0) is 4.79 Å². The normalized spacial score (nSPS) is 12.1. The Bertz CT molecular complexity index is 548. The molecule has 1 aromatic carbocycles. The largest absolute Gasteiger partial charge is 0.330 e. The maximum Gasteiger partial charge on any atom is 0.224 e. The van der Waals surface area contributed by atoms with Crippen LogP contribution in [0, 0.1) is 5.92 Å². The van der Waals surface area contributed by atoms with Crippen LogP contribution in [-0.4, -0.2) is 27.2 Å². The number of para-hydroxylation sites is 2. The summed E-state index contributed by atoms with van der Waals surface area (Å²) < 4.78 is 1.62. The molecule has 1 aromatic heterocycles. The van der Waals surface area contributed by atoms with Gasteiger partial charge in [-0.05, 0) is 24.6 Å². The molecule has 1 amide bonds. The summed E-state index contributed by atoms with van der Waals surface area (Å²) in [5.41, 5.74) is 7.14. The van der Waals surface area contributed by atoms with Gasteiger partial charge in [-0.25, -0.2) is 9.67 Å². The highest BCUT2D eigenvalue weighted by molar-refractivity contribution is 5.92. The van der Waals surface area contributed by atoms with Crippen LogP contribution >= 0.6 is 0 Å². The van der Waals surface area contributed by atoms with Crippen LogP contribution in [0.15, 0.2) is 36.9 Å². The lowest BCUT2D eigenvalue weighted by Gasteiger charge is -2.14. The summed E-state index contributed by atoms with van der Waals surface area (Å²) in [4.78, 5) is 16.0. The van der Waals surface area contributed by atoms with Gasteiger partial charge in [0.25, 0.3) is 0 Å². The number of amides is 1. The van der Waals surface area contributed by atoms with E-state index in [2.05, 4.69) is 15.4 Å². The summed E-state index contributed by atoms with van der Waals surface area (Å²) in [7, 11) is 0. The van der Waals surface area contributed by atoms with E-state index >= 15 is 0 Å². The Morgan fingerprint density at radius 3 is 2.90 bits per heavy atom. The zero-order valence-corrected chi connectivity index (χ0v) is 11.5. The number of hydrogen-bond acceptors (Lipinski definition) is 4. The Balaban J connectivity index is 2.12. The van der Waals surface area contributed by atoms with Crippen molar-refractivity contribution in [1.29, 1.82) is 0 Å². The molecule has 0 radical (unpaired) electrons. The van der Waals surface area contributed by atoms with E-state index in [0.29, 0.717) is 13.0 Å². The monoisotopic (exact) mass is 273 g/mol. The molecule has 1 heterocycles. The molecule has 3 N–H and O–H groups in total. The molecule has 0 aliphatic heterocycles. The molecule has 106 valence electrons. The third-order valence-corrected chi connectivity index (χ3v) is 3.23. The Morgan fingerprint density at radius 1 is 1.45 bits per heavy atom. The first-order chi connectivity index (χ1) is 9.74. The Morgan fingerprint density at radius 2 is 2.25 bits per heavy atom. The minimum atomic E-state index is -0.0325. The number of nitrogens with two attached hydrogens (primary N) is 1. The molecular weight excluding hydrogens is 254 g/mol. The Hall–Kier alpha value is -2.21. The highest BCUT2D eigenvalue weighted by Crippen LogP contribution is 2.19. The van der Waals surface area contributed by atoms with Crippen molar-refractivity contribution in [2.24, 2.45) is 11.7 Å². The average molecular weight is 273 g/mol. The van der Waals surface area contributed by atoms with E-state index < -0.39 is 0 Å². The first-order valence-corrected chi connectivity index (χ1v) is 6.68. The van der Waals surface area contributed by atoms with Crippen LogP contribution in [0.4, 0.5) is 5.69 Å². The lowest BCUT2D eigenvalue weighted by molar-refractivity contribution is -0.117. The van der Waals surface area contributed by atoms with Crippen LogP contribution in [0.3, 0.4) is 0 Å². The number of aromatic nitrogens is 3. The van der Waals surface area contributed by atoms with Gasteiger partial charge in [0.1, 0.15) is 12.7 Å². The summed E-state index contributed by atoms with van der Waals surface area (Å²) >= 11 is 0. The second kappa shape index (κ2) is 6.81. The van der Waals surface area contributed by atoms with Gasteiger partial charge >= 0.3 is 0 Å². The minimum absolute atomic E-state index is 0.0325. The summed E-state index contributed by atoms with van der Waals surface area (Å²) in [6.07, 6.45) is 4.38. The molecule has 2 aromatic rings. The quantitative estimate of drug-likeness (QED) is 0.836. The molecule has 2 rings (SSSR count). The molecule has 0 aliphatic rings. The summed E-state index contributed by atoms with van der Waals surface area (Å²) in [5.74, 6) is 0.184. The van der Waals surface area contributed by atoms with Gasteiger partial charge in [-0.2, -0.15) is 5.10 Å². The van der Waals surface area contributed by atoms with Crippen molar-refractivity contribution in [2.75, 3.05) is 11.9 Å². The number of carbonyl (C=O) groups is 1. The van der Waals surface area contributed by atoms with Gasteiger partial charge in [0.05, 0.1) is 11.4 Å². The lowest BCUT2D eigenvalue weighted by Crippen LogP contribution is -2.22. The van der Waals surface area contributed by atoms with Gasteiger partial charge < -0.3 is 11.1 Å². The Kier molecular flexibility index (Phi) is 4.84. The average Bonchev–Trinajstić information content (AvgIpc) is 2.99. The van der Waals surface area contributed by atoms with E-state index in [-0.39, 0.29) is 11.8 Å². The standard InChI is InChI=1S/C14H19N5O/c1-2-11(8-15)7-14(20)18-12-5-3-4-6-13(12)19-10-16-9-17-19/h3-6,9-11H,2,7-8,15H2,1H3,(H,18,20). The fourth-order valence-corrected chi connectivity index (χ4v) is 1.97. The van der Waals surface area contributed by atoms with Crippen LogP contribution in [0.5, 0.6) is 0 Å². The molecule has 0 saturated carbocycles. The van der Waals surface area contributed by atoms with E-state index in [1.807, 2.05) is 31.2 Å². The Labute approximate surface area is 118 Å². The van der Waals surface area contributed by atoms with Crippen LogP contribution in [0.1, 0.15) is 19.8 Å². The second-order valence-corrected chi connectivity index (χ2v) is 4.62. The van der Waals surface area contributed by atoms with E-state index in [1.54, 1.807) is 11.0 Å². The van der Waals surface area contributed by atoms with Crippen molar-refractivity contribution in [3.05, 3.63) is 36.9 Å². The zero-order valence-electron chi connectivity index (χ0n) is 11.5. The molecule has 1 atom stereocenters. The van der Waals surface area contributed by atoms with Gasteiger partial charge in [-0.3, -0.25) is 4.79 Å². The number of benzene rings is 1. The molecule has 0 aliphatic carbocycles. The molecule has 6 nitrogen and oxygen atoms in total. The first kappa shape index (κ1) is 14.2. The van der Waals surface area contributed by atoms with Gasteiger partial charge in [0, 0.05) is 6.42 Å². The molecule has 0 bridgehead atoms. The van der Waals surface area contributed by atoms with Gasteiger partial charge in [-0.15, -0.1) is 0 Å². The van der Waals surface area contributed by atoms with E-state index in [4.69, 9.17) is 5.73 Å². The third kappa shape index (κ3) is 3.42. The first-order valence-electron chi connectivity index (χ1n) is 6.68. The third-order valence-electron chi connectivity index (χ3n) is 3.23. The highest BCUT2D eigenvalue weighted by Gasteiger charge is 2.12. The lowest BCUT2D eigenvalue weighted by atomic mass is 10.0. The number of anilines is 1. The van der Waals surface area contributed by atoms with Crippen molar-refractivity contribution in [3.63, 3.8) is 0 Å². The van der Waals surface area contributed by atoms with Crippen molar-refractivity contribution >= 4 is 11.6 Å². The predicted octanol–water partition coefficient (Wildman–Crippen LogP) is 1.58. The SMILES string of the molecule is CCC(CN)CC(=O)Nc1ccccc1-n1cncn1. The molecule has 0 saturated heterocycles.